The fourth-order valence-corrected chi connectivity index (χ4v) is 2.99. The number of hydrogen-bond donors (Lipinski definition) is 1. The standard InChI is InChI=1S/C11H20N2O3S/c1-4-8(3)12(5-2)11(16)13-7-17-6-9(13)10(14)15/h8-9H,4-7H2,1-3H3,(H,14,15). The Morgan fingerprint density at radius 1 is 1.53 bits per heavy atom. The average Bonchev–Trinajstić information content (AvgIpc) is 2.78. The molecule has 2 unspecified atom stereocenters. The molecule has 1 aliphatic rings. The van der Waals surface area contributed by atoms with Crippen molar-refractivity contribution in [1.29, 1.82) is 0 Å². The summed E-state index contributed by atoms with van der Waals surface area (Å²) < 4.78 is 0. The van der Waals surface area contributed by atoms with Crippen LogP contribution in [-0.2, 0) is 4.79 Å². The molecule has 0 aromatic carbocycles. The average molecular weight is 260 g/mol. The Hall–Kier alpha value is -0.910. The van der Waals surface area contributed by atoms with Gasteiger partial charge in [0, 0.05) is 18.3 Å². The number of rotatable bonds is 4. The van der Waals surface area contributed by atoms with Gasteiger partial charge in [0.2, 0.25) is 0 Å². The first-order valence-corrected chi connectivity index (χ1v) is 7.06. The minimum atomic E-state index is -0.913. The normalized spacial score (nSPS) is 21.4. The van der Waals surface area contributed by atoms with Gasteiger partial charge in [0.25, 0.3) is 0 Å². The van der Waals surface area contributed by atoms with E-state index in [0.29, 0.717) is 18.2 Å². The first-order chi connectivity index (χ1) is 8.02. The van der Waals surface area contributed by atoms with E-state index in [2.05, 4.69) is 0 Å². The van der Waals surface area contributed by atoms with Crippen molar-refractivity contribution in [2.24, 2.45) is 0 Å². The molecule has 1 heterocycles. The fraction of sp³-hybridized carbons (Fsp3) is 0.818. The van der Waals surface area contributed by atoms with Gasteiger partial charge in [-0.05, 0) is 20.3 Å². The first kappa shape index (κ1) is 14.2. The SMILES string of the molecule is CCC(C)N(CC)C(=O)N1CSCC1C(=O)O. The van der Waals surface area contributed by atoms with Gasteiger partial charge < -0.3 is 14.9 Å². The van der Waals surface area contributed by atoms with E-state index < -0.39 is 12.0 Å². The third-order valence-electron chi connectivity index (χ3n) is 3.12. The van der Waals surface area contributed by atoms with Crippen LogP contribution in [-0.4, -0.2) is 57.2 Å². The quantitative estimate of drug-likeness (QED) is 0.835. The van der Waals surface area contributed by atoms with Gasteiger partial charge in [-0.2, -0.15) is 0 Å². The maximum absolute atomic E-state index is 12.3. The second-order valence-corrected chi connectivity index (χ2v) is 5.15. The summed E-state index contributed by atoms with van der Waals surface area (Å²) in [6.07, 6.45) is 0.873. The molecule has 1 N–H and O–H groups in total. The number of hydrogen-bond acceptors (Lipinski definition) is 3. The predicted octanol–water partition coefficient (Wildman–Crippen LogP) is 1.69. The summed E-state index contributed by atoms with van der Waals surface area (Å²) in [6, 6.07) is -0.683. The number of aliphatic carboxylic acids is 1. The van der Waals surface area contributed by atoms with Gasteiger partial charge in [-0.15, -0.1) is 11.8 Å². The Morgan fingerprint density at radius 3 is 2.65 bits per heavy atom. The van der Waals surface area contributed by atoms with E-state index in [9.17, 15) is 9.59 Å². The van der Waals surface area contributed by atoms with Crippen molar-refractivity contribution >= 4 is 23.8 Å². The van der Waals surface area contributed by atoms with Crippen LogP contribution in [0.3, 0.4) is 0 Å². The molecule has 0 spiro atoms. The lowest BCUT2D eigenvalue weighted by molar-refractivity contribution is -0.141. The molecule has 0 radical (unpaired) electrons. The maximum Gasteiger partial charge on any atom is 0.327 e. The minimum absolute atomic E-state index is 0.146. The largest absolute Gasteiger partial charge is 0.480 e. The highest BCUT2D eigenvalue weighted by Crippen LogP contribution is 2.23. The van der Waals surface area contributed by atoms with Crippen molar-refractivity contribution in [3.05, 3.63) is 0 Å². The van der Waals surface area contributed by atoms with Crippen LogP contribution in [0, 0.1) is 0 Å². The second-order valence-electron chi connectivity index (χ2n) is 4.15. The molecule has 0 aromatic rings. The lowest BCUT2D eigenvalue weighted by atomic mass is 10.2. The Kier molecular flexibility index (Phi) is 5.11. The van der Waals surface area contributed by atoms with E-state index in [1.165, 1.54) is 16.7 Å². The van der Waals surface area contributed by atoms with E-state index in [0.717, 1.165) is 6.42 Å². The van der Waals surface area contributed by atoms with Crippen LogP contribution in [0.1, 0.15) is 27.2 Å². The summed E-state index contributed by atoms with van der Waals surface area (Å²) in [6.45, 7) is 6.54. The van der Waals surface area contributed by atoms with E-state index in [-0.39, 0.29) is 12.1 Å². The van der Waals surface area contributed by atoms with Crippen LogP contribution >= 0.6 is 11.8 Å². The van der Waals surface area contributed by atoms with Gasteiger partial charge >= 0.3 is 12.0 Å². The van der Waals surface area contributed by atoms with Crippen molar-refractivity contribution in [1.82, 2.24) is 9.80 Å². The molecular formula is C11H20N2O3S. The highest BCUT2D eigenvalue weighted by Gasteiger charge is 2.37. The van der Waals surface area contributed by atoms with Crippen LogP contribution in [0.5, 0.6) is 0 Å². The lowest BCUT2D eigenvalue weighted by Gasteiger charge is -2.32. The topological polar surface area (TPSA) is 60.9 Å². The molecule has 0 bridgehead atoms. The van der Waals surface area contributed by atoms with Gasteiger partial charge in [0.05, 0.1) is 5.88 Å². The Morgan fingerprint density at radius 2 is 2.18 bits per heavy atom. The summed E-state index contributed by atoms with van der Waals surface area (Å²) in [5, 5.41) is 9.06. The van der Waals surface area contributed by atoms with Gasteiger partial charge in [0.1, 0.15) is 6.04 Å². The number of urea groups is 1. The molecule has 17 heavy (non-hydrogen) atoms. The Labute approximate surface area is 106 Å². The van der Waals surface area contributed by atoms with Crippen molar-refractivity contribution in [3.8, 4) is 0 Å². The summed E-state index contributed by atoms with van der Waals surface area (Å²) >= 11 is 1.49. The second kappa shape index (κ2) is 6.14. The lowest BCUT2D eigenvalue weighted by Crippen LogP contribution is -2.51. The van der Waals surface area contributed by atoms with Crippen LogP contribution < -0.4 is 0 Å². The summed E-state index contributed by atoms with van der Waals surface area (Å²) in [7, 11) is 0. The number of thioether (sulfide) groups is 1. The monoisotopic (exact) mass is 260 g/mol. The van der Waals surface area contributed by atoms with Gasteiger partial charge in [-0.3, -0.25) is 0 Å². The zero-order valence-corrected chi connectivity index (χ0v) is 11.4. The molecule has 5 nitrogen and oxygen atoms in total. The first-order valence-electron chi connectivity index (χ1n) is 5.90. The van der Waals surface area contributed by atoms with E-state index in [1.54, 1.807) is 4.90 Å². The van der Waals surface area contributed by atoms with E-state index >= 15 is 0 Å². The Bertz CT molecular complexity index is 298. The molecule has 6 heteroatoms. The smallest absolute Gasteiger partial charge is 0.327 e. The summed E-state index contributed by atoms with van der Waals surface area (Å²) in [5.74, 6) is 0.0468. The third kappa shape index (κ3) is 3.06. The molecule has 0 saturated carbocycles. The fourth-order valence-electron chi connectivity index (χ4n) is 1.86. The molecule has 0 aliphatic carbocycles. The number of amides is 2. The van der Waals surface area contributed by atoms with Crippen LogP contribution in [0.25, 0.3) is 0 Å². The van der Waals surface area contributed by atoms with Gasteiger partial charge in [-0.1, -0.05) is 6.92 Å². The number of carboxylic acid groups (broad SMARTS) is 1. The number of nitrogens with zero attached hydrogens (tertiary/aromatic N) is 2. The van der Waals surface area contributed by atoms with Crippen molar-refractivity contribution in [3.63, 3.8) is 0 Å². The molecule has 1 saturated heterocycles. The van der Waals surface area contributed by atoms with Crippen LogP contribution in [0.2, 0.25) is 0 Å². The molecule has 1 aliphatic heterocycles. The molecule has 2 amide bonds. The zero-order valence-electron chi connectivity index (χ0n) is 10.5. The van der Waals surface area contributed by atoms with Crippen LogP contribution in [0.4, 0.5) is 4.79 Å². The molecule has 1 fully saturated rings. The molecule has 1 rings (SSSR count). The van der Waals surface area contributed by atoms with Crippen molar-refractivity contribution in [2.45, 2.75) is 39.3 Å². The van der Waals surface area contributed by atoms with Crippen LogP contribution in [0.15, 0.2) is 0 Å². The van der Waals surface area contributed by atoms with E-state index in [1.807, 2.05) is 20.8 Å². The van der Waals surface area contributed by atoms with Crippen molar-refractivity contribution < 1.29 is 14.7 Å². The maximum atomic E-state index is 12.3. The highest BCUT2D eigenvalue weighted by molar-refractivity contribution is 7.99. The molecule has 0 aromatic heterocycles. The number of carbonyl (C=O) groups is 2. The number of carboxylic acids is 1. The van der Waals surface area contributed by atoms with Gasteiger partial charge in [-0.25, -0.2) is 9.59 Å². The zero-order chi connectivity index (χ0) is 13.0. The summed E-state index contributed by atoms with van der Waals surface area (Å²) in [4.78, 5) is 26.5. The summed E-state index contributed by atoms with van der Waals surface area (Å²) in [5.41, 5.74) is 0. The molecular weight excluding hydrogens is 240 g/mol. The minimum Gasteiger partial charge on any atom is -0.480 e. The Balaban J connectivity index is 2.76. The molecule has 98 valence electrons. The number of carbonyl (C=O) groups excluding carboxylic acids is 1. The molecule has 2 atom stereocenters. The van der Waals surface area contributed by atoms with Gasteiger partial charge in [0.15, 0.2) is 0 Å². The predicted molar refractivity (Wildman–Crippen MR) is 68.1 cm³/mol. The van der Waals surface area contributed by atoms with E-state index in [4.69, 9.17) is 5.11 Å². The van der Waals surface area contributed by atoms with Crippen molar-refractivity contribution in [2.75, 3.05) is 18.2 Å². The third-order valence-corrected chi connectivity index (χ3v) is 4.13. The highest BCUT2D eigenvalue weighted by atomic mass is 32.2.